The monoisotopic (exact) mass is 265 g/mol. The van der Waals surface area contributed by atoms with Gasteiger partial charge < -0.3 is 5.73 Å². The average molecular weight is 266 g/mol. The van der Waals surface area contributed by atoms with E-state index in [1.165, 1.54) is 10.8 Å². The highest BCUT2D eigenvalue weighted by atomic mass is 35.5. The van der Waals surface area contributed by atoms with Crippen LogP contribution in [0.1, 0.15) is 11.1 Å². The Bertz CT molecular complexity index is 676. The van der Waals surface area contributed by atoms with Gasteiger partial charge in [0.15, 0.2) is 0 Å². The van der Waals surface area contributed by atoms with Crippen molar-refractivity contribution in [3.05, 3.63) is 67.4 Å². The fourth-order valence-corrected chi connectivity index (χ4v) is 1.82. The summed E-state index contributed by atoms with van der Waals surface area (Å²) >= 11 is 6.02. The van der Waals surface area contributed by atoms with Gasteiger partial charge in [0.05, 0.1) is 6.54 Å². The fourth-order valence-electron chi connectivity index (χ4n) is 1.63. The van der Waals surface area contributed by atoms with Crippen LogP contribution in [0.5, 0.6) is 0 Å². The summed E-state index contributed by atoms with van der Waals surface area (Å²) in [5.41, 5.74) is 5.67. The van der Waals surface area contributed by atoms with Gasteiger partial charge in [0.1, 0.15) is 0 Å². The highest BCUT2D eigenvalue weighted by molar-refractivity contribution is 6.31. The van der Waals surface area contributed by atoms with Crippen molar-refractivity contribution in [1.82, 2.24) is 9.55 Å². The highest BCUT2D eigenvalue weighted by Gasteiger charge is 2.05. The molecule has 18 heavy (non-hydrogen) atoms. The second kappa shape index (κ2) is 5.20. The van der Waals surface area contributed by atoms with Crippen LogP contribution in [0.4, 0.5) is 0 Å². The van der Waals surface area contributed by atoms with E-state index in [0.29, 0.717) is 17.1 Å². The number of hydrogen-bond donors (Lipinski definition) is 2. The van der Waals surface area contributed by atoms with Crippen molar-refractivity contribution in [1.29, 1.82) is 0 Å². The quantitative estimate of drug-likeness (QED) is 0.857. The first-order chi connectivity index (χ1) is 8.61. The molecule has 3 N–H and O–H groups in total. The molecule has 0 aliphatic carbocycles. The highest BCUT2D eigenvalue weighted by Crippen LogP contribution is 2.15. The normalized spacial score (nSPS) is 10.6. The van der Waals surface area contributed by atoms with Crippen LogP contribution in [0.2, 0.25) is 5.02 Å². The van der Waals surface area contributed by atoms with Crippen molar-refractivity contribution < 1.29 is 0 Å². The lowest BCUT2D eigenvalue weighted by Gasteiger charge is -2.08. The van der Waals surface area contributed by atoms with Crippen LogP contribution in [0.15, 0.2) is 40.1 Å². The molecule has 0 amide bonds. The number of aromatic amines is 1. The van der Waals surface area contributed by atoms with Crippen molar-refractivity contribution in [2.75, 3.05) is 0 Å². The molecule has 0 radical (unpaired) electrons. The zero-order valence-corrected chi connectivity index (χ0v) is 10.3. The van der Waals surface area contributed by atoms with Crippen LogP contribution in [0.3, 0.4) is 0 Å². The standard InChI is InChI=1S/C12H12ClN3O2/c13-10-4-2-1-3-8(10)6-16-7-9(5-14)11(17)15-12(16)18/h1-4,7H,5-6,14H2,(H,15,17,18). The number of rotatable bonds is 3. The van der Waals surface area contributed by atoms with Crippen LogP contribution in [-0.2, 0) is 13.1 Å². The maximum absolute atomic E-state index is 11.6. The summed E-state index contributed by atoms with van der Waals surface area (Å²) in [7, 11) is 0. The zero-order valence-electron chi connectivity index (χ0n) is 9.52. The Morgan fingerprint density at radius 1 is 1.22 bits per heavy atom. The molecule has 94 valence electrons. The van der Waals surface area contributed by atoms with E-state index >= 15 is 0 Å². The average Bonchev–Trinajstić information content (AvgIpc) is 2.35. The number of nitrogens with one attached hydrogen (secondary N) is 1. The summed E-state index contributed by atoms with van der Waals surface area (Å²) in [4.78, 5) is 25.2. The molecule has 0 aliphatic heterocycles. The van der Waals surface area contributed by atoms with E-state index in [4.69, 9.17) is 17.3 Å². The Labute approximate surface area is 108 Å². The van der Waals surface area contributed by atoms with Gasteiger partial charge in [-0.05, 0) is 11.6 Å². The zero-order chi connectivity index (χ0) is 13.1. The molecular weight excluding hydrogens is 254 g/mol. The lowest BCUT2D eigenvalue weighted by molar-refractivity contribution is 0.706. The van der Waals surface area contributed by atoms with E-state index in [1.54, 1.807) is 6.07 Å². The van der Waals surface area contributed by atoms with Crippen molar-refractivity contribution in [2.24, 2.45) is 5.73 Å². The predicted molar refractivity (Wildman–Crippen MR) is 69.8 cm³/mol. The van der Waals surface area contributed by atoms with E-state index in [2.05, 4.69) is 4.98 Å². The molecule has 0 atom stereocenters. The van der Waals surface area contributed by atoms with E-state index in [0.717, 1.165) is 5.56 Å². The van der Waals surface area contributed by atoms with Crippen LogP contribution in [0.25, 0.3) is 0 Å². The maximum Gasteiger partial charge on any atom is 0.328 e. The SMILES string of the molecule is NCc1cn(Cc2ccccc2Cl)c(=O)[nH]c1=O. The fraction of sp³-hybridized carbons (Fsp3) is 0.167. The topological polar surface area (TPSA) is 80.9 Å². The summed E-state index contributed by atoms with van der Waals surface area (Å²) in [5, 5.41) is 0.574. The van der Waals surface area contributed by atoms with Crippen LogP contribution >= 0.6 is 11.6 Å². The molecule has 1 aromatic heterocycles. The smallest absolute Gasteiger partial charge is 0.326 e. The Morgan fingerprint density at radius 3 is 2.61 bits per heavy atom. The van der Waals surface area contributed by atoms with Crippen LogP contribution < -0.4 is 17.0 Å². The van der Waals surface area contributed by atoms with Gasteiger partial charge in [-0.2, -0.15) is 0 Å². The molecule has 0 saturated carbocycles. The number of nitrogens with two attached hydrogens (primary N) is 1. The number of halogens is 1. The van der Waals surface area contributed by atoms with Crippen molar-refractivity contribution in [2.45, 2.75) is 13.1 Å². The largest absolute Gasteiger partial charge is 0.328 e. The second-order valence-corrected chi connectivity index (χ2v) is 4.24. The van der Waals surface area contributed by atoms with Gasteiger partial charge in [-0.3, -0.25) is 14.3 Å². The van der Waals surface area contributed by atoms with Crippen LogP contribution in [-0.4, -0.2) is 9.55 Å². The van der Waals surface area contributed by atoms with Gasteiger partial charge >= 0.3 is 5.69 Å². The van der Waals surface area contributed by atoms with Crippen molar-refractivity contribution >= 4 is 11.6 Å². The molecule has 2 rings (SSSR count). The number of nitrogens with zero attached hydrogens (tertiary/aromatic N) is 1. The van der Waals surface area contributed by atoms with E-state index in [9.17, 15) is 9.59 Å². The Balaban J connectivity index is 2.44. The molecule has 2 aromatic rings. The first kappa shape index (κ1) is 12.6. The lowest BCUT2D eigenvalue weighted by Crippen LogP contribution is -2.32. The molecule has 0 spiro atoms. The molecule has 1 heterocycles. The van der Waals surface area contributed by atoms with E-state index in [1.807, 2.05) is 18.2 Å². The third-order valence-corrected chi connectivity index (χ3v) is 2.97. The Kier molecular flexibility index (Phi) is 3.64. The van der Waals surface area contributed by atoms with Crippen LogP contribution in [0, 0.1) is 0 Å². The number of benzene rings is 1. The molecule has 1 aromatic carbocycles. The van der Waals surface area contributed by atoms with Gasteiger partial charge in [-0.1, -0.05) is 29.8 Å². The third kappa shape index (κ3) is 2.52. The molecule has 5 nitrogen and oxygen atoms in total. The first-order valence-electron chi connectivity index (χ1n) is 5.38. The summed E-state index contributed by atoms with van der Waals surface area (Å²) in [6, 6.07) is 7.22. The summed E-state index contributed by atoms with van der Waals surface area (Å²) in [5.74, 6) is 0. The minimum atomic E-state index is -0.475. The predicted octanol–water partition coefficient (Wildman–Crippen LogP) is 0.697. The molecule has 0 unspecified atom stereocenters. The van der Waals surface area contributed by atoms with Gasteiger partial charge in [0.25, 0.3) is 5.56 Å². The number of hydrogen-bond acceptors (Lipinski definition) is 3. The van der Waals surface area contributed by atoms with Gasteiger partial charge in [0.2, 0.25) is 0 Å². The van der Waals surface area contributed by atoms with Gasteiger partial charge in [-0.25, -0.2) is 4.79 Å². The van der Waals surface area contributed by atoms with Gasteiger partial charge in [0, 0.05) is 23.3 Å². The van der Waals surface area contributed by atoms with Gasteiger partial charge in [-0.15, -0.1) is 0 Å². The maximum atomic E-state index is 11.6. The molecule has 0 saturated heterocycles. The van der Waals surface area contributed by atoms with E-state index < -0.39 is 11.2 Å². The lowest BCUT2D eigenvalue weighted by atomic mass is 10.2. The number of aromatic nitrogens is 2. The molecular formula is C12H12ClN3O2. The van der Waals surface area contributed by atoms with Crippen molar-refractivity contribution in [3.63, 3.8) is 0 Å². The third-order valence-electron chi connectivity index (χ3n) is 2.60. The Morgan fingerprint density at radius 2 is 1.94 bits per heavy atom. The molecule has 0 bridgehead atoms. The molecule has 6 heteroatoms. The molecule has 0 aliphatic rings. The molecule has 0 fully saturated rings. The van der Waals surface area contributed by atoms with Crippen molar-refractivity contribution in [3.8, 4) is 0 Å². The number of H-pyrrole nitrogens is 1. The summed E-state index contributed by atoms with van der Waals surface area (Å²) < 4.78 is 1.38. The summed E-state index contributed by atoms with van der Waals surface area (Å²) in [6.45, 7) is 0.375. The summed E-state index contributed by atoms with van der Waals surface area (Å²) in [6.07, 6.45) is 1.46. The van der Waals surface area contributed by atoms with E-state index in [-0.39, 0.29) is 6.54 Å². The Hall–Kier alpha value is -1.85. The second-order valence-electron chi connectivity index (χ2n) is 3.84. The first-order valence-corrected chi connectivity index (χ1v) is 5.75. The minimum Gasteiger partial charge on any atom is -0.326 e. The minimum absolute atomic E-state index is 0.0815.